The van der Waals surface area contributed by atoms with Crippen LogP contribution in [0.5, 0.6) is 0 Å². The molecule has 0 spiro atoms. The predicted molar refractivity (Wildman–Crippen MR) is 58.8 cm³/mol. The smallest absolute Gasteiger partial charge is 0.243 e. The SMILES string of the molecule is CC(C)CC(=O)NOCc1ccccc1. The fourth-order valence-corrected chi connectivity index (χ4v) is 1.19. The Bertz CT molecular complexity index is 296. The molecule has 3 nitrogen and oxygen atoms in total. The number of amides is 1. The first-order chi connectivity index (χ1) is 7.18. The van der Waals surface area contributed by atoms with Gasteiger partial charge in [0.05, 0.1) is 6.61 Å². The first kappa shape index (κ1) is 11.7. The van der Waals surface area contributed by atoms with Gasteiger partial charge >= 0.3 is 0 Å². The van der Waals surface area contributed by atoms with Gasteiger partial charge in [-0.15, -0.1) is 0 Å². The van der Waals surface area contributed by atoms with Gasteiger partial charge < -0.3 is 0 Å². The zero-order chi connectivity index (χ0) is 11.1. The number of carbonyl (C=O) groups excluding carboxylic acids is 1. The average Bonchev–Trinajstić information content (AvgIpc) is 2.18. The number of hydroxylamine groups is 1. The molecule has 0 atom stereocenters. The maximum atomic E-state index is 11.2. The molecule has 0 heterocycles. The maximum Gasteiger partial charge on any atom is 0.243 e. The molecule has 0 saturated heterocycles. The van der Waals surface area contributed by atoms with Crippen molar-refractivity contribution in [3.8, 4) is 0 Å². The minimum absolute atomic E-state index is 0.0686. The van der Waals surface area contributed by atoms with E-state index in [0.717, 1.165) is 5.56 Å². The highest BCUT2D eigenvalue weighted by Gasteiger charge is 2.03. The van der Waals surface area contributed by atoms with Crippen LogP contribution in [0.2, 0.25) is 0 Å². The van der Waals surface area contributed by atoms with Gasteiger partial charge in [-0.3, -0.25) is 9.63 Å². The van der Waals surface area contributed by atoms with Crippen molar-refractivity contribution in [3.05, 3.63) is 35.9 Å². The molecule has 0 unspecified atom stereocenters. The summed E-state index contributed by atoms with van der Waals surface area (Å²) in [5, 5.41) is 0. The lowest BCUT2D eigenvalue weighted by atomic mass is 10.1. The van der Waals surface area contributed by atoms with Crippen molar-refractivity contribution in [2.24, 2.45) is 5.92 Å². The molecule has 0 aliphatic carbocycles. The normalized spacial score (nSPS) is 10.3. The molecule has 1 rings (SSSR count). The molecule has 0 aliphatic rings. The molecule has 0 bridgehead atoms. The zero-order valence-corrected chi connectivity index (χ0v) is 9.19. The van der Waals surface area contributed by atoms with Crippen molar-refractivity contribution in [2.75, 3.05) is 0 Å². The highest BCUT2D eigenvalue weighted by Crippen LogP contribution is 2.01. The molecule has 0 radical (unpaired) electrons. The van der Waals surface area contributed by atoms with E-state index in [1.54, 1.807) is 0 Å². The van der Waals surface area contributed by atoms with Crippen molar-refractivity contribution < 1.29 is 9.63 Å². The van der Waals surface area contributed by atoms with Crippen LogP contribution in [0.1, 0.15) is 25.8 Å². The molecule has 0 aromatic heterocycles. The highest BCUT2D eigenvalue weighted by molar-refractivity contribution is 5.74. The monoisotopic (exact) mass is 207 g/mol. The summed E-state index contributed by atoms with van der Waals surface area (Å²) < 4.78 is 0. The molecular formula is C12H17NO2. The van der Waals surface area contributed by atoms with E-state index in [1.165, 1.54) is 0 Å². The summed E-state index contributed by atoms with van der Waals surface area (Å²) in [5.41, 5.74) is 3.47. The standard InChI is InChI=1S/C12H17NO2/c1-10(2)8-12(14)13-15-9-11-6-4-3-5-7-11/h3-7,10H,8-9H2,1-2H3,(H,13,14). The van der Waals surface area contributed by atoms with E-state index in [2.05, 4.69) is 5.48 Å². The molecule has 82 valence electrons. The van der Waals surface area contributed by atoms with Gasteiger partial charge in [-0.05, 0) is 11.5 Å². The van der Waals surface area contributed by atoms with Crippen LogP contribution in [-0.2, 0) is 16.2 Å². The summed E-state index contributed by atoms with van der Waals surface area (Å²) >= 11 is 0. The summed E-state index contributed by atoms with van der Waals surface area (Å²) in [7, 11) is 0. The number of hydrogen-bond acceptors (Lipinski definition) is 2. The molecule has 0 saturated carbocycles. The lowest BCUT2D eigenvalue weighted by Crippen LogP contribution is -2.24. The van der Waals surface area contributed by atoms with Crippen LogP contribution >= 0.6 is 0 Å². The van der Waals surface area contributed by atoms with Crippen LogP contribution in [-0.4, -0.2) is 5.91 Å². The molecule has 1 aromatic carbocycles. The summed E-state index contributed by atoms with van der Waals surface area (Å²) in [4.78, 5) is 16.3. The minimum atomic E-state index is -0.0686. The van der Waals surface area contributed by atoms with Crippen molar-refractivity contribution in [2.45, 2.75) is 26.9 Å². The van der Waals surface area contributed by atoms with Gasteiger partial charge in [0.1, 0.15) is 0 Å². The van der Waals surface area contributed by atoms with Gasteiger partial charge in [0.2, 0.25) is 5.91 Å². The number of rotatable bonds is 5. The fourth-order valence-electron chi connectivity index (χ4n) is 1.19. The Labute approximate surface area is 90.4 Å². The van der Waals surface area contributed by atoms with Crippen LogP contribution in [0.4, 0.5) is 0 Å². The van der Waals surface area contributed by atoms with Crippen LogP contribution in [0.3, 0.4) is 0 Å². The average molecular weight is 207 g/mol. The van der Waals surface area contributed by atoms with Crippen LogP contribution in [0.15, 0.2) is 30.3 Å². The second-order valence-electron chi connectivity index (χ2n) is 3.90. The Hall–Kier alpha value is -1.35. The van der Waals surface area contributed by atoms with Crippen molar-refractivity contribution in [1.82, 2.24) is 5.48 Å². The Morgan fingerprint density at radius 2 is 2.00 bits per heavy atom. The lowest BCUT2D eigenvalue weighted by molar-refractivity contribution is -0.135. The second-order valence-corrected chi connectivity index (χ2v) is 3.90. The van der Waals surface area contributed by atoms with Crippen molar-refractivity contribution in [3.63, 3.8) is 0 Å². The zero-order valence-electron chi connectivity index (χ0n) is 9.19. The van der Waals surface area contributed by atoms with Gasteiger partial charge in [0.25, 0.3) is 0 Å². The topological polar surface area (TPSA) is 38.3 Å². The molecule has 15 heavy (non-hydrogen) atoms. The number of hydrogen-bond donors (Lipinski definition) is 1. The largest absolute Gasteiger partial charge is 0.273 e. The highest BCUT2D eigenvalue weighted by atomic mass is 16.6. The third kappa shape index (κ3) is 5.18. The summed E-state index contributed by atoms with van der Waals surface area (Å²) in [6.07, 6.45) is 0.495. The van der Waals surface area contributed by atoms with Crippen LogP contribution in [0, 0.1) is 5.92 Å². The quantitative estimate of drug-likeness (QED) is 0.752. The van der Waals surface area contributed by atoms with Gasteiger partial charge in [-0.25, -0.2) is 5.48 Å². The third-order valence-corrected chi connectivity index (χ3v) is 1.86. The summed E-state index contributed by atoms with van der Waals surface area (Å²) in [6, 6.07) is 9.73. The molecule has 0 fully saturated rings. The molecular weight excluding hydrogens is 190 g/mol. The van der Waals surface area contributed by atoms with Gasteiger partial charge in [-0.1, -0.05) is 44.2 Å². The second kappa shape index (κ2) is 6.19. The van der Waals surface area contributed by atoms with Crippen molar-refractivity contribution in [1.29, 1.82) is 0 Å². The van der Waals surface area contributed by atoms with E-state index >= 15 is 0 Å². The molecule has 0 aliphatic heterocycles. The Morgan fingerprint density at radius 1 is 1.33 bits per heavy atom. The first-order valence-corrected chi connectivity index (χ1v) is 5.13. The number of carbonyl (C=O) groups is 1. The van der Waals surface area contributed by atoms with Crippen LogP contribution in [0.25, 0.3) is 0 Å². The lowest BCUT2D eigenvalue weighted by Gasteiger charge is -2.07. The molecule has 3 heteroatoms. The van der Waals surface area contributed by atoms with E-state index in [4.69, 9.17) is 4.84 Å². The van der Waals surface area contributed by atoms with E-state index in [1.807, 2.05) is 44.2 Å². The molecule has 1 aromatic rings. The van der Waals surface area contributed by atoms with E-state index < -0.39 is 0 Å². The maximum absolute atomic E-state index is 11.2. The van der Waals surface area contributed by atoms with E-state index in [9.17, 15) is 4.79 Å². The van der Waals surface area contributed by atoms with Crippen molar-refractivity contribution >= 4 is 5.91 Å². The summed E-state index contributed by atoms with van der Waals surface area (Å²) in [6.45, 7) is 4.40. The van der Waals surface area contributed by atoms with Gasteiger partial charge in [-0.2, -0.15) is 0 Å². The predicted octanol–water partition coefficient (Wildman–Crippen LogP) is 2.28. The first-order valence-electron chi connectivity index (χ1n) is 5.13. The Balaban J connectivity index is 2.19. The van der Waals surface area contributed by atoms with Gasteiger partial charge in [0, 0.05) is 6.42 Å². The third-order valence-electron chi connectivity index (χ3n) is 1.86. The fraction of sp³-hybridized carbons (Fsp3) is 0.417. The minimum Gasteiger partial charge on any atom is -0.273 e. The van der Waals surface area contributed by atoms with E-state index in [0.29, 0.717) is 18.9 Å². The summed E-state index contributed by atoms with van der Waals surface area (Å²) in [5.74, 6) is 0.284. The molecule has 1 N–H and O–H groups in total. The Morgan fingerprint density at radius 3 is 2.60 bits per heavy atom. The van der Waals surface area contributed by atoms with Crippen LogP contribution < -0.4 is 5.48 Å². The number of benzene rings is 1. The Kier molecular flexibility index (Phi) is 4.84. The molecule has 1 amide bonds. The number of nitrogens with one attached hydrogen (secondary N) is 1. The van der Waals surface area contributed by atoms with Gasteiger partial charge in [0.15, 0.2) is 0 Å². The van der Waals surface area contributed by atoms with E-state index in [-0.39, 0.29) is 5.91 Å².